The maximum atomic E-state index is 12.3. The Balaban J connectivity index is 1.55. The monoisotopic (exact) mass is 302 g/mol. The number of nitrogens with one attached hydrogen (secondary N) is 1. The average Bonchev–Trinajstić information content (AvgIpc) is 3.08. The highest BCUT2D eigenvalue weighted by Crippen LogP contribution is 2.30. The molecule has 1 amide bonds. The van der Waals surface area contributed by atoms with Gasteiger partial charge in [-0.3, -0.25) is 9.69 Å². The third-order valence-corrected chi connectivity index (χ3v) is 5.12. The lowest BCUT2D eigenvalue weighted by molar-refractivity contribution is -0.139. The zero-order valence-electron chi connectivity index (χ0n) is 13.3. The van der Waals surface area contributed by atoms with Crippen molar-refractivity contribution in [2.45, 2.75) is 63.3 Å². The summed E-state index contributed by atoms with van der Waals surface area (Å²) in [6.07, 6.45) is 4.06. The van der Waals surface area contributed by atoms with Crippen LogP contribution in [0.3, 0.4) is 0 Å². The lowest BCUT2D eigenvalue weighted by Gasteiger charge is -2.24. The minimum Gasteiger partial charge on any atom is -0.380 e. The minimum atomic E-state index is -1.11. The third kappa shape index (κ3) is 3.33. The van der Waals surface area contributed by atoms with Gasteiger partial charge in [-0.1, -0.05) is 30.3 Å². The van der Waals surface area contributed by atoms with Crippen LogP contribution in [0.2, 0.25) is 0 Å². The van der Waals surface area contributed by atoms with Gasteiger partial charge in [-0.2, -0.15) is 0 Å². The molecule has 0 radical (unpaired) electrons. The summed E-state index contributed by atoms with van der Waals surface area (Å²) in [5.74, 6) is -0.163. The van der Waals surface area contributed by atoms with Crippen LogP contribution in [-0.2, 0) is 11.3 Å². The summed E-state index contributed by atoms with van der Waals surface area (Å²) in [4.78, 5) is 14.7. The van der Waals surface area contributed by atoms with Gasteiger partial charge in [0, 0.05) is 25.2 Å². The van der Waals surface area contributed by atoms with Crippen LogP contribution in [0.4, 0.5) is 0 Å². The van der Waals surface area contributed by atoms with Crippen molar-refractivity contribution >= 4 is 5.91 Å². The third-order valence-electron chi connectivity index (χ3n) is 5.12. The quantitative estimate of drug-likeness (QED) is 0.895. The van der Waals surface area contributed by atoms with E-state index >= 15 is 0 Å². The van der Waals surface area contributed by atoms with E-state index in [0.29, 0.717) is 18.9 Å². The maximum Gasteiger partial charge on any atom is 0.252 e. The van der Waals surface area contributed by atoms with Crippen molar-refractivity contribution in [3.63, 3.8) is 0 Å². The molecule has 0 bridgehead atoms. The molecule has 0 spiro atoms. The number of benzene rings is 1. The lowest BCUT2D eigenvalue weighted by atomic mass is 10.0. The Bertz CT molecular complexity index is 511. The molecular weight excluding hydrogens is 276 g/mol. The second-order valence-electron chi connectivity index (χ2n) is 6.91. The summed E-state index contributed by atoms with van der Waals surface area (Å²) in [6, 6.07) is 11.0. The maximum absolute atomic E-state index is 12.3. The van der Waals surface area contributed by atoms with E-state index in [1.165, 1.54) is 5.56 Å². The number of carbonyl (C=O) groups excluding carboxylic acids is 1. The molecule has 1 aromatic carbocycles. The van der Waals surface area contributed by atoms with E-state index in [2.05, 4.69) is 41.4 Å². The summed E-state index contributed by atoms with van der Waals surface area (Å²) in [6.45, 7) is 3.98. The molecule has 1 saturated heterocycles. The van der Waals surface area contributed by atoms with Gasteiger partial charge < -0.3 is 10.4 Å². The Kier molecular flexibility index (Phi) is 4.50. The molecule has 3 rings (SSSR count). The Morgan fingerprint density at radius 1 is 1.32 bits per heavy atom. The predicted molar refractivity (Wildman–Crippen MR) is 86.3 cm³/mol. The Hall–Kier alpha value is -1.39. The molecule has 1 heterocycles. The number of likely N-dealkylation sites (tertiary alicyclic amines) is 1. The van der Waals surface area contributed by atoms with E-state index in [4.69, 9.17) is 0 Å². The van der Waals surface area contributed by atoms with Crippen molar-refractivity contribution in [3.8, 4) is 0 Å². The van der Waals surface area contributed by atoms with Crippen molar-refractivity contribution in [3.05, 3.63) is 35.9 Å². The van der Waals surface area contributed by atoms with Gasteiger partial charge in [0.05, 0.1) is 0 Å². The molecule has 2 unspecified atom stereocenters. The van der Waals surface area contributed by atoms with Crippen LogP contribution >= 0.6 is 0 Å². The van der Waals surface area contributed by atoms with Crippen LogP contribution < -0.4 is 5.32 Å². The van der Waals surface area contributed by atoms with Crippen LogP contribution in [0.25, 0.3) is 0 Å². The van der Waals surface area contributed by atoms with Crippen molar-refractivity contribution in [1.82, 2.24) is 10.2 Å². The summed E-state index contributed by atoms with van der Waals surface area (Å²) in [5.41, 5.74) is 0.187. The van der Waals surface area contributed by atoms with Crippen LogP contribution in [0.5, 0.6) is 0 Å². The molecule has 0 aromatic heterocycles. The van der Waals surface area contributed by atoms with E-state index in [1.807, 2.05) is 6.07 Å². The number of rotatable bonds is 4. The predicted octanol–water partition coefficient (Wildman–Crippen LogP) is 2.07. The summed E-state index contributed by atoms with van der Waals surface area (Å²) < 4.78 is 0. The molecule has 2 aliphatic rings. The summed E-state index contributed by atoms with van der Waals surface area (Å²) >= 11 is 0. The second kappa shape index (κ2) is 6.39. The molecular formula is C18H26N2O2. The lowest BCUT2D eigenvalue weighted by Crippen LogP contribution is -2.49. The standard InChI is InChI=1S/C18H26N2O2/c1-14-11-16(19-17(21)18(22)9-5-6-10-18)13-20(14)12-15-7-3-2-4-8-15/h2-4,7-8,14,16,22H,5-6,9-13H2,1H3,(H,19,21). The van der Waals surface area contributed by atoms with Crippen LogP contribution in [-0.4, -0.2) is 40.1 Å². The molecule has 4 heteroatoms. The van der Waals surface area contributed by atoms with Gasteiger partial charge in [0.1, 0.15) is 5.60 Å². The molecule has 1 aliphatic carbocycles. The number of aliphatic hydroxyl groups is 1. The van der Waals surface area contributed by atoms with Crippen molar-refractivity contribution in [2.75, 3.05) is 6.54 Å². The first-order valence-electron chi connectivity index (χ1n) is 8.38. The molecule has 4 nitrogen and oxygen atoms in total. The van der Waals surface area contributed by atoms with Crippen molar-refractivity contribution in [2.24, 2.45) is 0 Å². The van der Waals surface area contributed by atoms with E-state index < -0.39 is 5.60 Å². The first-order valence-corrected chi connectivity index (χ1v) is 8.38. The minimum absolute atomic E-state index is 0.149. The van der Waals surface area contributed by atoms with Gasteiger partial charge in [-0.15, -0.1) is 0 Å². The van der Waals surface area contributed by atoms with Gasteiger partial charge in [0.15, 0.2) is 0 Å². The Labute approximate surface area is 132 Å². The SMILES string of the molecule is CC1CC(NC(=O)C2(O)CCCC2)CN1Cc1ccccc1. The van der Waals surface area contributed by atoms with Gasteiger partial charge in [-0.25, -0.2) is 0 Å². The molecule has 1 aromatic rings. The molecule has 1 aliphatic heterocycles. The smallest absolute Gasteiger partial charge is 0.252 e. The van der Waals surface area contributed by atoms with E-state index in [9.17, 15) is 9.90 Å². The second-order valence-corrected chi connectivity index (χ2v) is 6.91. The zero-order chi connectivity index (χ0) is 15.6. The van der Waals surface area contributed by atoms with Crippen LogP contribution in [0.1, 0.15) is 44.6 Å². The van der Waals surface area contributed by atoms with Crippen molar-refractivity contribution in [1.29, 1.82) is 0 Å². The number of nitrogens with zero attached hydrogens (tertiary/aromatic N) is 1. The summed E-state index contributed by atoms with van der Waals surface area (Å²) in [7, 11) is 0. The van der Waals surface area contributed by atoms with Gasteiger partial charge in [-0.05, 0) is 44.6 Å². The fraction of sp³-hybridized carbons (Fsp3) is 0.611. The highest BCUT2D eigenvalue weighted by molar-refractivity contribution is 5.85. The number of carbonyl (C=O) groups is 1. The number of hydrogen-bond acceptors (Lipinski definition) is 3. The van der Waals surface area contributed by atoms with Crippen molar-refractivity contribution < 1.29 is 9.90 Å². The van der Waals surface area contributed by atoms with Crippen LogP contribution in [0, 0.1) is 0 Å². The van der Waals surface area contributed by atoms with Gasteiger partial charge in [0.25, 0.3) is 5.91 Å². The number of hydrogen-bond donors (Lipinski definition) is 2. The van der Waals surface area contributed by atoms with Gasteiger partial charge in [0.2, 0.25) is 0 Å². The Morgan fingerprint density at radius 3 is 2.68 bits per heavy atom. The largest absolute Gasteiger partial charge is 0.380 e. The van der Waals surface area contributed by atoms with Gasteiger partial charge >= 0.3 is 0 Å². The first kappa shape index (κ1) is 15.5. The molecule has 22 heavy (non-hydrogen) atoms. The normalized spacial score (nSPS) is 27.9. The first-order chi connectivity index (χ1) is 10.6. The Morgan fingerprint density at radius 2 is 2.00 bits per heavy atom. The fourth-order valence-corrected chi connectivity index (χ4v) is 3.75. The molecule has 2 fully saturated rings. The van der Waals surface area contributed by atoms with Crippen LogP contribution in [0.15, 0.2) is 30.3 Å². The molecule has 2 N–H and O–H groups in total. The highest BCUT2D eigenvalue weighted by atomic mass is 16.3. The van der Waals surface area contributed by atoms with E-state index in [1.54, 1.807) is 0 Å². The average molecular weight is 302 g/mol. The topological polar surface area (TPSA) is 52.6 Å². The summed E-state index contributed by atoms with van der Waals surface area (Å²) in [5, 5.41) is 13.4. The van der Waals surface area contributed by atoms with E-state index in [0.717, 1.165) is 32.4 Å². The fourth-order valence-electron chi connectivity index (χ4n) is 3.75. The molecule has 2 atom stereocenters. The molecule has 1 saturated carbocycles. The number of amides is 1. The highest BCUT2D eigenvalue weighted by Gasteiger charge is 2.41. The zero-order valence-corrected chi connectivity index (χ0v) is 13.3. The van der Waals surface area contributed by atoms with E-state index in [-0.39, 0.29) is 11.9 Å². The molecule has 120 valence electrons.